The van der Waals surface area contributed by atoms with E-state index in [9.17, 15) is 0 Å². The highest BCUT2D eigenvalue weighted by molar-refractivity contribution is 5.79. The molecule has 1 aliphatic heterocycles. The lowest BCUT2D eigenvalue weighted by molar-refractivity contribution is 0.0263. The normalized spacial score (nSPS) is 25.3. The van der Waals surface area contributed by atoms with Crippen LogP contribution in [-0.4, -0.2) is 50.3 Å². The minimum absolute atomic E-state index is 0.433. The highest BCUT2D eigenvalue weighted by Crippen LogP contribution is 2.35. The molecule has 1 N–H and O–H groups in total. The molecule has 1 heterocycles. The molecule has 4 nitrogen and oxygen atoms in total. The van der Waals surface area contributed by atoms with Gasteiger partial charge in [0.05, 0.1) is 6.10 Å². The average molecular weight is 358 g/mol. The molecule has 0 atom stereocenters. The maximum Gasteiger partial charge on any atom is 0.193 e. The highest BCUT2D eigenvalue weighted by Gasteiger charge is 2.24. The summed E-state index contributed by atoms with van der Waals surface area (Å²) in [6, 6.07) is 11.0. The molecule has 0 bridgehead atoms. The molecule has 2 fully saturated rings. The molecular weight excluding hydrogens is 322 g/mol. The molecule has 0 radical (unpaired) electrons. The van der Waals surface area contributed by atoms with Crippen LogP contribution in [0.25, 0.3) is 0 Å². The molecule has 2 aliphatic rings. The Morgan fingerprint density at radius 2 is 1.77 bits per heavy atom. The summed E-state index contributed by atoms with van der Waals surface area (Å²) >= 11 is 0. The van der Waals surface area contributed by atoms with Gasteiger partial charge in [0.2, 0.25) is 0 Å². The molecular formula is C22H35N3O. The lowest BCUT2D eigenvalue weighted by Crippen LogP contribution is -2.48. The van der Waals surface area contributed by atoms with E-state index in [0.29, 0.717) is 6.10 Å². The number of hydrogen-bond donors (Lipinski definition) is 1. The van der Waals surface area contributed by atoms with Crippen LogP contribution >= 0.6 is 0 Å². The zero-order valence-electron chi connectivity index (χ0n) is 16.5. The first-order valence-corrected chi connectivity index (χ1v) is 10.4. The Morgan fingerprint density at radius 3 is 2.38 bits per heavy atom. The van der Waals surface area contributed by atoms with Crippen LogP contribution < -0.4 is 5.32 Å². The van der Waals surface area contributed by atoms with Crippen molar-refractivity contribution in [3.8, 4) is 0 Å². The summed E-state index contributed by atoms with van der Waals surface area (Å²) in [7, 11) is 1.91. The van der Waals surface area contributed by atoms with Crippen molar-refractivity contribution in [1.29, 1.82) is 0 Å². The Balaban J connectivity index is 1.40. The largest absolute Gasteiger partial charge is 0.378 e. The zero-order valence-corrected chi connectivity index (χ0v) is 16.5. The van der Waals surface area contributed by atoms with Gasteiger partial charge in [0.15, 0.2) is 5.96 Å². The summed E-state index contributed by atoms with van der Waals surface area (Å²) in [5.41, 5.74) is 1.52. The van der Waals surface area contributed by atoms with Crippen LogP contribution in [-0.2, 0) is 4.74 Å². The fourth-order valence-electron chi connectivity index (χ4n) is 4.46. The Morgan fingerprint density at radius 1 is 1.08 bits per heavy atom. The highest BCUT2D eigenvalue weighted by atomic mass is 16.5. The van der Waals surface area contributed by atoms with E-state index in [1.807, 2.05) is 7.05 Å². The number of hydrogen-bond acceptors (Lipinski definition) is 2. The number of guanidine groups is 1. The van der Waals surface area contributed by atoms with Crippen LogP contribution in [0.4, 0.5) is 0 Å². The van der Waals surface area contributed by atoms with E-state index in [2.05, 4.69) is 52.5 Å². The molecule has 0 aromatic heterocycles. The van der Waals surface area contributed by atoms with Crippen molar-refractivity contribution in [2.75, 3.05) is 33.3 Å². The van der Waals surface area contributed by atoms with Crippen LogP contribution in [0.15, 0.2) is 35.3 Å². The van der Waals surface area contributed by atoms with Gasteiger partial charge in [-0.2, -0.15) is 0 Å². The topological polar surface area (TPSA) is 36.9 Å². The number of nitrogens with zero attached hydrogens (tertiary/aromatic N) is 2. The zero-order chi connectivity index (χ0) is 18.2. The SMILES string of the molecule is CCOC1CCN(C(=NC)NCC2CCC(c3ccccc3)CC2)CC1. The number of rotatable bonds is 5. The van der Waals surface area contributed by atoms with Gasteiger partial charge in [0, 0.05) is 33.3 Å². The first-order chi connectivity index (χ1) is 12.8. The lowest BCUT2D eigenvalue weighted by atomic mass is 9.79. The number of benzene rings is 1. The lowest BCUT2D eigenvalue weighted by Gasteiger charge is -2.35. The summed E-state index contributed by atoms with van der Waals surface area (Å²) in [5.74, 6) is 2.60. The van der Waals surface area contributed by atoms with Gasteiger partial charge in [-0.3, -0.25) is 4.99 Å². The Kier molecular flexibility index (Phi) is 7.36. The van der Waals surface area contributed by atoms with Crippen molar-refractivity contribution < 1.29 is 4.74 Å². The van der Waals surface area contributed by atoms with E-state index in [-0.39, 0.29) is 0 Å². The van der Waals surface area contributed by atoms with Crippen LogP contribution in [0, 0.1) is 5.92 Å². The van der Waals surface area contributed by atoms with Crippen molar-refractivity contribution in [2.45, 2.75) is 57.5 Å². The maximum atomic E-state index is 5.76. The van der Waals surface area contributed by atoms with E-state index >= 15 is 0 Å². The van der Waals surface area contributed by atoms with E-state index in [4.69, 9.17) is 4.74 Å². The third-order valence-corrected chi connectivity index (χ3v) is 6.02. The Bertz CT molecular complexity index is 544. The van der Waals surface area contributed by atoms with E-state index < -0.39 is 0 Å². The van der Waals surface area contributed by atoms with Gasteiger partial charge in [-0.15, -0.1) is 0 Å². The van der Waals surface area contributed by atoms with Gasteiger partial charge < -0.3 is 15.0 Å². The van der Waals surface area contributed by atoms with Crippen molar-refractivity contribution in [3.05, 3.63) is 35.9 Å². The number of piperidine rings is 1. The maximum absolute atomic E-state index is 5.76. The van der Waals surface area contributed by atoms with E-state index in [1.54, 1.807) is 0 Å². The summed E-state index contributed by atoms with van der Waals surface area (Å²) in [6.07, 6.45) is 7.91. The standard InChI is InChI=1S/C22H35N3O/c1-3-26-21-13-15-25(16-14-21)22(23-2)24-17-18-9-11-20(12-10-18)19-7-5-4-6-8-19/h4-8,18,20-21H,3,9-17H2,1-2H3,(H,23,24). The van der Waals surface area contributed by atoms with Gasteiger partial charge in [0.1, 0.15) is 0 Å². The van der Waals surface area contributed by atoms with Crippen LogP contribution in [0.5, 0.6) is 0 Å². The third kappa shape index (κ3) is 5.23. The second-order valence-electron chi connectivity index (χ2n) is 7.70. The van der Waals surface area contributed by atoms with Crippen LogP contribution in [0.1, 0.15) is 56.9 Å². The third-order valence-electron chi connectivity index (χ3n) is 6.02. The van der Waals surface area contributed by atoms with Gasteiger partial charge in [0.25, 0.3) is 0 Å². The second kappa shape index (κ2) is 9.96. The first kappa shape index (κ1) is 19.2. The first-order valence-electron chi connectivity index (χ1n) is 10.4. The smallest absolute Gasteiger partial charge is 0.193 e. The minimum atomic E-state index is 0.433. The van der Waals surface area contributed by atoms with Gasteiger partial charge in [-0.25, -0.2) is 0 Å². The summed E-state index contributed by atoms with van der Waals surface area (Å²) in [4.78, 5) is 6.91. The van der Waals surface area contributed by atoms with Crippen molar-refractivity contribution in [1.82, 2.24) is 10.2 Å². The fourth-order valence-corrected chi connectivity index (χ4v) is 4.46. The molecule has 26 heavy (non-hydrogen) atoms. The van der Waals surface area contributed by atoms with Crippen LogP contribution in [0.2, 0.25) is 0 Å². The Hall–Kier alpha value is -1.55. The monoisotopic (exact) mass is 357 g/mol. The quantitative estimate of drug-likeness (QED) is 0.638. The predicted molar refractivity (Wildman–Crippen MR) is 109 cm³/mol. The number of ether oxygens (including phenoxy) is 1. The number of likely N-dealkylation sites (tertiary alicyclic amines) is 1. The van der Waals surface area contributed by atoms with Gasteiger partial charge in [-0.1, -0.05) is 30.3 Å². The molecule has 144 valence electrons. The average Bonchev–Trinajstić information content (AvgIpc) is 2.71. The molecule has 0 amide bonds. The molecule has 1 saturated carbocycles. The summed E-state index contributed by atoms with van der Waals surface area (Å²) in [6.45, 7) is 6.05. The van der Waals surface area contributed by atoms with E-state index in [0.717, 1.165) is 56.9 Å². The second-order valence-corrected chi connectivity index (χ2v) is 7.70. The number of nitrogens with one attached hydrogen (secondary N) is 1. The molecule has 1 aromatic rings. The van der Waals surface area contributed by atoms with E-state index in [1.165, 1.54) is 31.2 Å². The molecule has 4 heteroatoms. The van der Waals surface area contributed by atoms with Gasteiger partial charge >= 0.3 is 0 Å². The molecule has 0 unspecified atom stereocenters. The fraction of sp³-hybridized carbons (Fsp3) is 0.682. The summed E-state index contributed by atoms with van der Waals surface area (Å²) < 4.78 is 5.76. The molecule has 1 aliphatic carbocycles. The predicted octanol–water partition coefficient (Wildman–Crippen LogP) is 4.04. The molecule has 1 saturated heterocycles. The van der Waals surface area contributed by atoms with Gasteiger partial charge in [-0.05, 0) is 62.8 Å². The molecule has 1 aromatic carbocycles. The molecule has 3 rings (SSSR count). The number of aliphatic imine (C=N–C) groups is 1. The minimum Gasteiger partial charge on any atom is -0.378 e. The molecule has 0 spiro atoms. The van der Waals surface area contributed by atoms with Crippen LogP contribution in [0.3, 0.4) is 0 Å². The van der Waals surface area contributed by atoms with Crippen molar-refractivity contribution >= 4 is 5.96 Å². The van der Waals surface area contributed by atoms with Crippen molar-refractivity contribution in [2.24, 2.45) is 10.9 Å². The summed E-state index contributed by atoms with van der Waals surface area (Å²) in [5, 5.41) is 3.65. The Labute approximate surface area is 159 Å². The van der Waals surface area contributed by atoms with Crippen molar-refractivity contribution in [3.63, 3.8) is 0 Å².